The van der Waals surface area contributed by atoms with Gasteiger partial charge in [-0.15, -0.1) is 11.3 Å². The lowest BCUT2D eigenvalue weighted by molar-refractivity contribution is 0.102. The number of hydrogen-bond acceptors (Lipinski definition) is 6. The Balaban J connectivity index is 1.27. The maximum Gasteiger partial charge on any atom is 0.257 e. The van der Waals surface area contributed by atoms with Gasteiger partial charge in [0.1, 0.15) is 16.1 Å². The number of carbonyl (C=O) groups is 1. The predicted molar refractivity (Wildman–Crippen MR) is 127 cm³/mol. The molecule has 1 fully saturated rings. The van der Waals surface area contributed by atoms with Crippen molar-refractivity contribution in [1.82, 2.24) is 9.97 Å². The van der Waals surface area contributed by atoms with Crippen molar-refractivity contribution in [2.75, 3.05) is 18.5 Å². The molecule has 8 heteroatoms. The minimum Gasteiger partial charge on any atom is -0.471 e. The van der Waals surface area contributed by atoms with Crippen LogP contribution in [0.25, 0.3) is 20.8 Å². The number of rotatable bonds is 5. The second-order valence-corrected chi connectivity index (χ2v) is 9.07. The molecule has 0 spiro atoms. The first-order valence-electron chi connectivity index (χ1n) is 10.2. The van der Waals surface area contributed by atoms with Crippen LogP contribution in [-0.4, -0.2) is 35.2 Å². The Bertz CT molecular complexity index is 1280. The minimum absolute atomic E-state index is 0.0577. The van der Waals surface area contributed by atoms with Crippen molar-refractivity contribution in [2.45, 2.75) is 19.4 Å². The predicted octanol–water partition coefficient (Wildman–Crippen LogP) is 5.74. The molecule has 4 aromatic rings. The molecule has 1 N–H and O–H groups in total. The van der Waals surface area contributed by atoms with Gasteiger partial charge in [0.2, 0.25) is 5.88 Å². The van der Waals surface area contributed by atoms with E-state index in [0.717, 1.165) is 27.2 Å². The van der Waals surface area contributed by atoms with Crippen LogP contribution in [0.3, 0.4) is 0 Å². The van der Waals surface area contributed by atoms with Crippen LogP contribution in [0.5, 0.6) is 5.88 Å². The Kier molecular flexibility index (Phi) is 5.78. The first kappa shape index (κ1) is 20.9. The number of fused-ring (bicyclic) bond motifs is 1. The Labute approximate surface area is 194 Å². The Morgan fingerprint density at radius 1 is 1.22 bits per heavy atom. The molecule has 1 unspecified atom stereocenters. The lowest BCUT2D eigenvalue weighted by atomic mass is 10.2. The number of hydrogen-bond donors (Lipinski definition) is 1. The fraction of sp³-hybridized carbons (Fsp3) is 0.208. The Morgan fingerprint density at radius 2 is 2.06 bits per heavy atom. The number of carbonyl (C=O) groups excluding carboxylic acids is 1. The molecule has 1 aliphatic rings. The number of halogens is 1. The van der Waals surface area contributed by atoms with Gasteiger partial charge in [-0.2, -0.15) is 0 Å². The van der Waals surface area contributed by atoms with E-state index in [0.29, 0.717) is 35.4 Å². The number of ether oxygens (including phenoxy) is 2. The van der Waals surface area contributed by atoms with Gasteiger partial charge in [-0.05, 0) is 55.0 Å². The summed E-state index contributed by atoms with van der Waals surface area (Å²) in [4.78, 5) is 21.6. The largest absolute Gasteiger partial charge is 0.471 e. The van der Waals surface area contributed by atoms with Crippen molar-refractivity contribution in [3.63, 3.8) is 0 Å². The number of amides is 1. The van der Waals surface area contributed by atoms with Crippen LogP contribution >= 0.6 is 22.9 Å². The van der Waals surface area contributed by atoms with Crippen LogP contribution in [0.2, 0.25) is 5.02 Å². The van der Waals surface area contributed by atoms with E-state index in [1.807, 2.05) is 30.3 Å². The van der Waals surface area contributed by atoms with Gasteiger partial charge >= 0.3 is 0 Å². The quantitative estimate of drug-likeness (QED) is 0.407. The average molecular weight is 466 g/mol. The lowest BCUT2D eigenvalue weighted by Gasteiger charge is -2.12. The fourth-order valence-electron chi connectivity index (χ4n) is 3.45. The molecule has 32 heavy (non-hydrogen) atoms. The third kappa shape index (κ3) is 4.46. The molecule has 3 heterocycles. The molecular formula is C24H20ClN3O3S. The van der Waals surface area contributed by atoms with Crippen molar-refractivity contribution < 1.29 is 14.3 Å². The van der Waals surface area contributed by atoms with E-state index in [-0.39, 0.29) is 12.0 Å². The zero-order valence-corrected chi connectivity index (χ0v) is 18.9. The van der Waals surface area contributed by atoms with Gasteiger partial charge in [0.05, 0.1) is 29.0 Å². The number of aromatic nitrogens is 2. The molecule has 6 nitrogen and oxygen atoms in total. The van der Waals surface area contributed by atoms with E-state index < -0.39 is 0 Å². The number of pyridine rings is 1. The van der Waals surface area contributed by atoms with Gasteiger partial charge in [0.25, 0.3) is 5.91 Å². The Morgan fingerprint density at radius 3 is 2.81 bits per heavy atom. The number of nitrogens with zero attached hydrogens (tertiary/aromatic N) is 2. The normalized spacial score (nSPS) is 15.8. The molecule has 2 aromatic heterocycles. The summed E-state index contributed by atoms with van der Waals surface area (Å²) in [6.45, 7) is 3.26. The van der Waals surface area contributed by atoms with Crippen molar-refractivity contribution in [2.24, 2.45) is 0 Å². The van der Waals surface area contributed by atoms with Crippen molar-refractivity contribution >= 4 is 44.7 Å². The number of thiazole rings is 1. The second kappa shape index (κ2) is 8.86. The summed E-state index contributed by atoms with van der Waals surface area (Å²) in [7, 11) is 0. The van der Waals surface area contributed by atoms with E-state index in [2.05, 4.69) is 29.4 Å². The highest BCUT2D eigenvalue weighted by Crippen LogP contribution is 2.31. The standard InChI is InChI=1S/C24H20ClN3O3S/c1-14-2-7-20-21(10-14)32-24(28-20)15-3-5-17(6-4-15)27-22(29)16-11-19(25)23(26-12-16)31-18-8-9-30-13-18/h2-7,10-12,18H,8-9,13H2,1H3,(H,27,29). The highest BCUT2D eigenvalue weighted by molar-refractivity contribution is 7.21. The molecule has 5 rings (SSSR count). The maximum absolute atomic E-state index is 12.6. The monoisotopic (exact) mass is 465 g/mol. The van der Waals surface area contributed by atoms with Gasteiger partial charge < -0.3 is 14.8 Å². The first-order chi connectivity index (χ1) is 15.5. The van der Waals surface area contributed by atoms with Gasteiger partial charge in [-0.1, -0.05) is 17.7 Å². The molecule has 1 saturated heterocycles. The van der Waals surface area contributed by atoms with Crippen LogP contribution < -0.4 is 10.1 Å². The molecule has 1 aliphatic heterocycles. The van der Waals surface area contributed by atoms with E-state index in [9.17, 15) is 4.79 Å². The van der Waals surface area contributed by atoms with Crippen LogP contribution in [-0.2, 0) is 4.74 Å². The topological polar surface area (TPSA) is 73.3 Å². The third-order valence-electron chi connectivity index (χ3n) is 5.17. The van der Waals surface area contributed by atoms with Crippen LogP contribution in [0.4, 0.5) is 5.69 Å². The zero-order valence-electron chi connectivity index (χ0n) is 17.3. The van der Waals surface area contributed by atoms with Gasteiger partial charge in [-0.25, -0.2) is 9.97 Å². The lowest BCUT2D eigenvalue weighted by Crippen LogP contribution is -2.17. The van der Waals surface area contributed by atoms with Crippen molar-refractivity contribution in [1.29, 1.82) is 0 Å². The third-order valence-corrected chi connectivity index (χ3v) is 6.51. The molecule has 1 atom stereocenters. The molecule has 162 valence electrons. The average Bonchev–Trinajstić information content (AvgIpc) is 3.45. The first-order valence-corrected chi connectivity index (χ1v) is 11.4. The van der Waals surface area contributed by atoms with Crippen LogP contribution in [0, 0.1) is 6.92 Å². The number of nitrogens with one attached hydrogen (secondary N) is 1. The van der Waals surface area contributed by atoms with Gasteiger partial charge in [0, 0.05) is 23.9 Å². The van der Waals surface area contributed by atoms with Crippen LogP contribution in [0.15, 0.2) is 54.7 Å². The summed E-state index contributed by atoms with van der Waals surface area (Å²) in [6, 6.07) is 15.4. The molecule has 0 aliphatic carbocycles. The number of benzene rings is 2. The summed E-state index contributed by atoms with van der Waals surface area (Å²) in [6.07, 6.45) is 2.20. The summed E-state index contributed by atoms with van der Waals surface area (Å²) >= 11 is 7.93. The smallest absolute Gasteiger partial charge is 0.257 e. The molecule has 0 bridgehead atoms. The summed E-state index contributed by atoms with van der Waals surface area (Å²) in [5.41, 5.74) is 4.24. The van der Waals surface area contributed by atoms with Gasteiger partial charge in [-0.3, -0.25) is 4.79 Å². The van der Waals surface area contributed by atoms with E-state index in [4.69, 9.17) is 26.1 Å². The SMILES string of the molecule is Cc1ccc2nc(-c3ccc(NC(=O)c4cnc(OC5CCOC5)c(Cl)c4)cc3)sc2c1. The van der Waals surface area contributed by atoms with Gasteiger partial charge in [0.15, 0.2) is 0 Å². The van der Waals surface area contributed by atoms with Crippen molar-refractivity contribution in [3.8, 4) is 16.5 Å². The number of anilines is 1. The zero-order chi connectivity index (χ0) is 22.1. The highest BCUT2D eigenvalue weighted by atomic mass is 35.5. The van der Waals surface area contributed by atoms with E-state index in [1.165, 1.54) is 11.8 Å². The molecule has 2 aromatic carbocycles. The second-order valence-electron chi connectivity index (χ2n) is 7.64. The fourth-order valence-corrected chi connectivity index (χ4v) is 4.73. The number of aryl methyl sites for hydroxylation is 1. The van der Waals surface area contributed by atoms with Crippen LogP contribution in [0.1, 0.15) is 22.3 Å². The molecule has 0 radical (unpaired) electrons. The summed E-state index contributed by atoms with van der Waals surface area (Å²) < 4.78 is 12.2. The molecule has 0 saturated carbocycles. The van der Waals surface area contributed by atoms with Crippen molar-refractivity contribution in [3.05, 3.63) is 70.9 Å². The highest BCUT2D eigenvalue weighted by Gasteiger charge is 2.20. The van der Waals surface area contributed by atoms with E-state index in [1.54, 1.807) is 17.4 Å². The Hall–Kier alpha value is -3.00. The molecular weight excluding hydrogens is 446 g/mol. The molecule has 1 amide bonds. The summed E-state index contributed by atoms with van der Waals surface area (Å²) in [5.74, 6) is 0.0208. The maximum atomic E-state index is 12.6. The summed E-state index contributed by atoms with van der Waals surface area (Å²) in [5, 5.41) is 4.12. The minimum atomic E-state index is -0.293. The van der Waals surface area contributed by atoms with E-state index >= 15 is 0 Å².